The lowest BCUT2D eigenvalue weighted by atomic mass is 10.2. The molecule has 0 bridgehead atoms. The SMILES string of the molecule is CCOC(=O)C(=CC=C(O)C(=S)OCC)CC. The summed E-state index contributed by atoms with van der Waals surface area (Å²) in [6.45, 7) is 6.05. The summed E-state index contributed by atoms with van der Waals surface area (Å²) in [6.07, 6.45) is 3.34. The van der Waals surface area contributed by atoms with Crippen LogP contribution >= 0.6 is 12.2 Å². The minimum atomic E-state index is -0.388. The highest BCUT2D eigenvalue weighted by atomic mass is 32.1. The lowest BCUT2D eigenvalue weighted by Gasteiger charge is -2.04. The van der Waals surface area contributed by atoms with Gasteiger partial charge in [0.25, 0.3) is 0 Å². The summed E-state index contributed by atoms with van der Waals surface area (Å²) in [5, 5.41) is 9.52. The van der Waals surface area contributed by atoms with Gasteiger partial charge in [0.2, 0.25) is 5.05 Å². The highest BCUT2D eigenvalue weighted by molar-refractivity contribution is 7.80. The fraction of sp³-hybridized carbons (Fsp3) is 0.500. The first-order valence-corrected chi connectivity index (χ1v) is 5.91. The third-order valence-corrected chi connectivity index (χ3v) is 2.17. The lowest BCUT2D eigenvalue weighted by Crippen LogP contribution is -2.07. The average molecular weight is 258 g/mol. The number of hydrogen-bond acceptors (Lipinski definition) is 5. The Morgan fingerprint density at radius 3 is 2.24 bits per heavy atom. The minimum absolute atomic E-state index is 0.0167. The number of aliphatic hydroxyl groups excluding tert-OH is 1. The van der Waals surface area contributed by atoms with Gasteiger partial charge in [0.15, 0.2) is 5.76 Å². The topological polar surface area (TPSA) is 55.8 Å². The van der Waals surface area contributed by atoms with E-state index >= 15 is 0 Å². The van der Waals surface area contributed by atoms with Gasteiger partial charge in [-0.1, -0.05) is 6.92 Å². The van der Waals surface area contributed by atoms with Crippen molar-refractivity contribution in [3.05, 3.63) is 23.5 Å². The van der Waals surface area contributed by atoms with Gasteiger partial charge in [0.1, 0.15) is 0 Å². The molecule has 0 aliphatic carbocycles. The van der Waals surface area contributed by atoms with Gasteiger partial charge in [-0.3, -0.25) is 0 Å². The fourth-order valence-electron chi connectivity index (χ4n) is 1.01. The van der Waals surface area contributed by atoms with Crippen LogP contribution in [0.15, 0.2) is 23.5 Å². The molecule has 0 unspecified atom stereocenters. The second kappa shape index (κ2) is 8.75. The van der Waals surface area contributed by atoms with Crippen molar-refractivity contribution >= 4 is 23.2 Å². The Bertz CT molecular complexity index is 331. The third-order valence-electron chi connectivity index (χ3n) is 1.85. The average Bonchev–Trinajstić information content (AvgIpc) is 2.30. The van der Waals surface area contributed by atoms with E-state index in [9.17, 15) is 9.90 Å². The van der Waals surface area contributed by atoms with Gasteiger partial charge in [0, 0.05) is 5.57 Å². The van der Waals surface area contributed by atoms with E-state index in [4.69, 9.17) is 21.7 Å². The standard InChI is InChI=1S/C12H18O4S/c1-4-9(11(14)15-5-2)7-8-10(13)12(17)16-6-3/h7-8,13H,4-6H2,1-3H3. The molecule has 0 aromatic rings. The van der Waals surface area contributed by atoms with E-state index in [0.29, 0.717) is 25.2 Å². The van der Waals surface area contributed by atoms with E-state index in [2.05, 4.69) is 0 Å². The molecule has 0 radical (unpaired) electrons. The molecule has 1 N–H and O–H groups in total. The van der Waals surface area contributed by atoms with Crippen molar-refractivity contribution in [3.8, 4) is 0 Å². The third kappa shape index (κ3) is 6.06. The largest absolute Gasteiger partial charge is 0.504 e. The molecule has 17 heavy (non-hydrogen) atoms. The first kappa shape index (κ1) is 15.6. The van der Waals surface area contributed by atoms with Gasteiger partial charge >= 0.3 is 5.97 Å². The van der Waals surface area contributed by atoms with Crippen LogP contribution in [0.1, 0.15) is 27.2 Å². The first-order chi connectivity index (χ1) is 8.06. The zero-order valence-electron chi connectivity index (χ0n) is 10.4. The monoisotopic (exact) mass is 258 g/mol. The number of thiocarbonyl (C=S) groups is 1. The Balaban J connectivity index is 4.69. The zero-order chi connectivity index (χ0) is 13.3. The van der Waals surface area contributed by atoms with Crippen molar-refractivity contribution in [2.45, 2.75) is 27.2 Å². The molecule has 0 aliphatic heterocycles. The Hall–Kier alpha value is -1.36. The molecule has 0 aliphatic rings. The maximum absolute atomic E-state index is 11.4. The van der Waals surface area contributed by atoms with Gasteiger partial charge in [-0.2, -0.15) is 0 Å². The number of aliphatic hydroxyl groups is 1. The van der Waals surface area contributed by atoms with Crippen LogP contribution < -0.4 is 0 Å². The smallest absolute Gasteiger partial charge is 0.333 e. The molecular formula is C12H18O4S. The quantitative estimate of drug-likeness (QED) is 0.261. The van der Waals surface area contributed by atoms with E-state index in [1.807, 2.05) is 6.92 Å². The molecule has 0 atom stereocenters. The second-order valence-corrected chi connectivity index (χ2v) is 3.41. The van der Waals surface area contributed by atoms with E-state index in [0.717, 1.165) is 0 Å². The van der Waals surface area contributed by atoms with Crippen molar-refractivity contribution in [2.75, 3.05) is 13.2 Å². The number of allylic oxidation sites excluding steroid dienone is 2. The van der Waals surface area contributed by atoms with Crippen LogP contribution in [0.5, 0.6) is 0 Å². The number of carbonyl (C=O) groups excluding carboxylic acids is 1. The molecule has 0 spiro atoms. The van der Waals surface area contributed by atoms with Gasteiger partial charge in [-0.25, -0.2) is 4.79 Å². The highest BCUT2D eigenvalue weighted by Crippen LogP contribution is 2.06. The Morgan fingerprint density at radius 2 is 1.76 bits per heavy atom. The van der Waals surface area contributed by atoms with Crippen molar-refractivity contribution < 1.29 is 19.4 Å². The normalized spacial score (nSPS) is 12.2. The number of esters is 1. The molecular weight excluding hydrogens is 240 g/mol. The summed E-state index contributed by atoms with van der Waals surface area (Å²) in [6, 6.07) is 0. The molecule has 0 amide bonds. The lowest BCUT2D eigenvalue weighted by molar-refractivity contribution is -0.138. The van der Waals surface area contributed by atoms with E-state index in [1.54, 1.807) is 13.8 Å². The molecule has 0 saturated heterocycles. The highest BCUT2D eigenvalue weighted by Gasteiger charge is 2.08. The summed E-state index contributed by atoms with van der Waals surface area (Å²) >= 11 is 4.80. The van der Waals surface area contributed by atoms with Crippen molar-refractivity contribution in [3.63, 3.8) is 0 Å². The van der Waals surface area contributed by atoms with Crippen molar-refractivity contribution in [1.82, 2.24) is 0 Å². The van der Waals surface area contributed by atoms with E-state index in [-0.39, 0.29) is 16.8 Å². The van der Waals surface area contributed by atoms with Crippen molar-refractivity contribution in [2.24, 2.45) is 0 Å². The van der Waals surface area contributed by atoms with Crippen LogP contribution in [0, 0.1) is 0 Å². The molecule has 5 heteroatoms. The maximum atomic E-state index is 11.4. The number of rotatable bonds is 6. The fourth-order valence-corrected chi connectivity index (χ4v) is 1.19. The second-order valence-electron chi connectivity index (χ2n) is 3.04. The molecule has 0 fully saturated rings. The van der Waals surface area contributed by atoms with E-state index in [1.165, 1.54) is 12.2 Å². The van der Waals surface area contributed by atoms with Gasteiger partial charge in [0.05, 0.1) is 13.2 Å². The summed E-state index contributed by atoms with van der Waals surface area (Å²) in [7, 11) is 0. The Labute approximate surface area is 107 Å². The van der Waals surface area contributed by atoms with Crippen LogP contribution in [0.4, 0.5) is 0 Å². The van der Waals surface area contributed by atoms with Crippen LogP contribution in [0.25, 0.3) is 0 Å². The van der Waals surface area contributed by atoms with Crippen LogP contribution in [-0.4, -0.2) is 29.3 Å². The summed E-state index contributed by atoms with van der Waals surface area (Å²) in [5.41, 5.74) is 0.470. The number of hydrogen-bond donors (Lipinski definition) is 1. The van der Waals surface area contributed by atoms with Gasteiger partial charge in [-0.15, -0.1) is 0 Å². The van der Waals surface area contributed by atoms with Crippen LogP contribution in [0.2, 0.25) is 0 Å². The maximum Gasteiger partial charge on any atom is 0.333 e. The molecule has 4 nitrogen and oxygen atoms in total. The zero-order valence-corrected chi connectivity index (χ0v) is 11.2. The van der Waals surface area contributed by atoms with E-state index < -0.39 is 0 Å². The predicted octanol–water partition coefficient (Wildman–Crippen LogP) is 2.69. The first-order valence-electron chi connectivity index (χ1n) is 5.50. The molecule has 96 valence electrons. The molecule has 0 rings (SSSR count). The van der Waals surface area contributed by atoms with Gasteiger partial charge < -0.3 is 14.6 Å². The minimum Gasteiger partial charge on any atom is -0.504 e. The Kier molecular flexibility index (Phi) is 8.05. The van der Waals surface area contributed by atoms with Crippen molar-refractivity contribution in [1.29, 1.82) is 0 Å². The van der Waals surface area contributed by atoms with Crippen LogP contribution in [-0.2, 0) is 14.3 Å². The molecule has 0 heterocycles. The summed E-state index contributed by atoms with van der Waals surface area (Å²) < 4.78 is 9.80. The number of ether oxygens (including phenoxy) is 2. The van der Waals surface area contributed by atoms with Gasteiger partial charge in [-0.05, 0) is 44.6 Å². The van der Waals surface area contributed by atoms with Crippen LogP contribution in [0.3, 0.4) is 0 Å². The Morgan fingerprint density at radius 1 is 1.18 bits per heavy atom. The molecule has 0 aromatic carbocycles. The summed E-state index contributed by atoms with van der Waals surface area (Å²) in [4.78, 5) is 11.4. The molecule has 0 saturated carbocycles. The number of carbonyl (C=O) groups is 1. The molecule has 0 aromatic heterocycles. The summed E-state index contributed by atoms with van der Waals surface area (Å²) in [5.74, 6) is -0.557. The predicted molar refractivity (Wildman–Crippen MR) is 69.9 cm³/mol.